The largest absolute Gasteiger partial charge is 0.341 e. The van der Waals surface area contributed by atoms with Gasteiger partial charge in [-0.05, 0) is 38.7 Å². The molecule has 0 aromatic carbocycles. The van der Waals surface area contributed by atoms with Crippen LogP contribution in [0, 0.1) is 6.92 Å². The average molecular weight is 260 g/mol. The standard InChI is InChI=1S/C15H20N2O2/c1-11-9-12-13(5-4-6-14(12)18)17(11)10-15(19)16-7-2-3-8-16/h9H,2-8,10H2,1H3. The van der Waals surface area contributed by atoms with Crippen molar-refractivity contribution in [2.45, 2.75) is 45.6 Å². The number of Topliss-reactive ketones (excluding diaryl/α,β-unsaturated/α-hetero) is 1. The Labute approximate surface area is 113 Å². The fourth-order valence-electron chi connectivity index (χ4n) is 3.21. The van der Waals surface area contributed by atoms with Crippen molar-refractivity contribution >= 4 is 11.7 Å². The molecule has 1 saturated heterocycles. The number of carbonyl (C=O) groups excluding carboxylic acids is 2. The molecule has 0 bridgehead atoms. The summed E-state index contributed by atoms with van der Waals surface area (Å²) in [5.41, 5.74) is 2.95. The zero-order valence-corrected chi connectivity index (χ0v) is 11.4. The highest BCUT2D eigenvalue weighted by atomic mass is 16.2. The number of aryl methyl sites for hydroxylation is 1. The van der Waals surface area contributed by atoms with E-state index < -0.39 is 0 Å². The van der Waals surface area contributed by atoms with Crippen LogP contribution in [0.15, 0.2) is 6.07 Å². The lowest BCUT2D eigenvalue weighted by atomic mass is 9.97. The number of rotatable bonds is 2. The summed E-state index contributed by atoms with van der Waals surface area (Å²) < 4.78 is 2.05. The van der Waals surface area contributed by atoms with Gasteiger partial charge in [0.25, 0.3) is 0 Å². The lowest BCUT2D eigenvalue weighted by Gasteiger charge is -2.19. The lowest BCUT2D eigenvalue weighted by Crippen LogP contribution is -2.32. The van der Waals surface area contributed by atoms with Crippen LogP contribution in [0.1, 0.15) is 47.4 Å². The molecule has 0 radical (unpaired) electrons. The third-order valence-electron chi connectivity index (χ3n) is 4.29. The average Bonchev–Trinajstić information content (AvgIpc) is 3.00. The molecule has 0 atom stereocenters. The first-order chi connectivity index (χ1) is 9.16. The zero-order chi connectivity index (χ0) is 13.4. The first kappa shape index (κ1) is 12.5. The molecular weight excluding hydrogens is 240 g/mol. The van der Waals surface area contributed by atoms with Crippen LogP contribution in [0.3, 0.4) is 0 Å². The van der Waals surface area contributed by atoms with Gasteiger partial charge in [-0.1, -0.05) is 0 Å². The summed E-state index contributed by atoms with van der Waals surface area (Å²) >= 11 is 0. The summed E-state index contributed by atoms with van der Waals surface area (Å²) in [5.74, 6) is 0.425. The number of amides is 1. The molecule has 102 valence electrons. The second kappa shape index (κ2) is 4.83. The van der Waals surface area contributed by atoms with E-state index in [0.717, 1.165) is 55.7 Å². The molecule has 0 N–H and O–H groups in total. The van der Waals surface area contributed by atoms with E-state index in [1.807, 2.05) is 22.5 Å². The summed E-state index contributed by atoms with van der Waals surface area (Å²) in [7, 11) is 0. The third kappa shape index (κ3) is 2.20. The molecule has 2 heterocycles. The van der Waals surface area contributed by atoms with Crippen LogP contribution in [0.2, 0.25) is 0 Å². The van der Waals surface area contributed by atoms with Crippen molar-refractivity contribution in [3.05, 3.63) is 23.0 Å². The maximum absolute atomic E-state index is 12.3. The van der Waals surface area contributed by atoms with Gasteiger partial charge < -0.3 is 9.47 Å². The zero-order valence-electron chi connectivity index (χ0n) is 11.4. The second-order valence-corrected chi connectivity index (χ2v) is 5.60. The van der Waals surface area contributed by atoms with E-state index in [4.69, 9.17) is 0 Å². The van der Waals surface area contributed by atoms with Crippen LogP contribution in [-0.4, -0.2) is 34.2 Å². The van der Waals surface area contributed by atoms with Crippen molar-refractivity contribution in [2.24, 2.45) is 0 Å². The molecule has 4 nitrogen and oxygen atoms in total. The summed E-state index contributed by atoms with van der Waals surface area (Å²) in [4.78, 5) is 26.1. The number of likely N-dealkylation sites (tertiary alicyclic amines) is 1. The fourth-order valence-corrected chi connectivity index (χ4v) is 3.21. The first-order valence-electron chi connectivity index (χ1n) is 7.17. The Hall–Kier alpha value is -1.58. The molecular formula is C15H20N2O2. The summed E-state index contributed by atoms with van der Waals surface area (Å²) in [6, 6.07) is 1.95. The third-order valence-corrected chi connectivity index (χ3v) is 4.29. The van der Waals surface area contributed by atoms with Crippen molar-refractivity contribution in [2.75, 3.05) is 13.1 Å². The van der Waals surface area contributed by atoms with Crippen molar-refractivity contribution < 1.29 is 9.59 Å². The van der Waals surface area contributed by atoms with Crippen molar-refractivity contribution in [3.63, 3.8) is 0 Å². The molecule has 0 saturated carbocycles. The fraction of sp³-hybridized carbons (Fsp3) is 0.600. The van der Waals surface area contributed by atoms with Gasteiger partial charge in [-0.25, -0.2) is 0 Å². The molecule has 1 fully saturated rings. The maximum Gasteiger partial charge on any atom is 0.242 e. The Balaban J connectivity index is 1.84. The molecule has 0 unspecified atom stereocenters. The number of ketones is 1. The molecule has 1 aliphatic carbocycles. The molecule has 1 aliphatic heterocycles. The van der Waals surface area contributed by atoms with E-state index in [9.17, 15) is 9.59 Å². The Kier molecular flexibility index (Phi) is 3.17. The number of aromatic nitrogens is 1. The molecule has 2 aliphatic rings. The van der Waals surface area contributed by atoms with E-state index in [1.165, 1.54) is 0 Å². The molecule has 1 aromatic heterocycles. The lowest BCUT2D eigenvalue weighted by molar-refractivity contribution is -0.130. The SMILES string of the molecule is Cc1cc2c(n1CC(=O)N1CCCC1)CCCC2=O. The second-order valence-electron chi connectivity index (χ2n) is 5.60. The monoisotopic (exact) mass is 260 g/mol. The number of hydrogen-bond acceptors (Lipinski definition) is 2. The molecule has 19 heavy (non-hydrogen) atoms. The van der Waals surface area contributed by atoms with Crippen LogP contribution < -0.4 is 0 Å². The molecule has 0 spiro atoms. The normalized spacial score (nSPS) is 18.8. The van der Waals surface area contributed by atoms with Gasteiger partial charge in [-0.3, -0.25) is 9.59 Å². The Morgan fingerprint density at radius 3 is 2.68 bits per heavy atom. The minimum atomic E-state index is 0.192. The molecule has 1 aromatic rings. The van der Waals surface area contributed by atoms with E-state index in [1.54, 1.807) is 0 Å². The summed E-state index contributed by atoms with van der Waals surface area (Å²) in [5, 5.41) is 0. The van der Waals surface area contributed by atoms with Crippen LogP contribution in [0.5, 0.6) is 0 Å². The van der Waals surface area contributed by atoms with Crippen LogP contribution >= 0.6 is 0 Å². The summed E-state index contributed by atoms with van der Waals surface area (Å²) in [6.45, 7) is 4.16. The van der Waals surface area contributed by atoms with Crippen molar-refractivity contribution in [3.8, 4) is 0 Å². The van der Waals surface area contributed by atoms with Crippen LogP contribution in [-0.2, 0) is 17.8 Å². The van der Waals surface area contributed by atoms with Gasteiger partial charge in [0.2, 0.25) is 5.91 Å². The predicted molar refractivity (Wildman–Crippen MR) is 72.3 cm³/mol. The summed E-state index contributed by atoms with van der Waals surface area (Å²) in [6.07, 6.45) is 4.71. The smallest absolute Gasteiger partial charge is 0.242 e. The maximum atomic E-state index is 12.3. The Morgan fingerprint density at radius 2 is 1.95 bits per heavy atom. The minimum absolute atomic E-state index is 0.192. The van der Waals surface area contributed by atoms with E-state index in [2.05, 4.69) is 0 Å². The quantitative estimate of drug-likeness (QED) is 0.815. The predicted octanol–water partition coefficient (Wildman–Crippen LogP) is 1.94. The highest BCUT2D eigenvalue weighted by Crippen LogP contribution is 2.25. The van der Waals surface area contributed by atoms with E-state index in [0.29, 0.717) is 13.0 Å². The number of carbonyl (C=O) groups is 2. The Morgan fingerprint density at radius 1 is 1.21 bits per heavy atom. The number of fused-ring (bicyclic) bond motifs is 1. The van der Waals surface area contributed by atoms with Crippen LogP contribution in [0.4, 0.5) is 0 Å². The van der Waals surface area contributed by atoms with Crippen molar-refractivity contribution in [1.82, 2.24) is 9.47 Å². The van der Waals surface area contributed by atoms with Gasteiger partial charge in [0, 0.05) is 36.5 Å². The van der Waals surface area contributed by atoms with Gasteiger partial charge in [-0.2, -0.15) is 0 Å². The van der Waals surface area contributed by atoms with Gasteiger partial charge in [0.15, 0.2) is 5.78 Å². The van der Waals surface area contributed by atoms with E-state index >= 15 is 0 Å². The topological polar surface area (TPSA) is 42.3 Å². The minimum Gasteiger partial charge on any atom is -0.341 e. The number of hydrogen-bond donors (Lipinski definition) is 0. The van der Waals surface area contributed by atoms with Crippen molar-refractivity contribution in [1.29, 1.82) is 0 Å². The van der Waals surface area contributed by atoms with Gasteiger partial charge >= 0.3 is 0 Å². The van der Waals surface area contributed by atoms with Gasteiger partial charge in [0.05, 0.1) is 0 Å². The molecule has 4 heteroatoms. The van der Waals surface area contributed by atoms with E-state index in [-0.39, 0.29) is 11.7 Å². The van der Waals surface area contributed by atoms with Gasteiger partial charge in [-0.15, -0.1) is 0 Å². The Bertz CT molecular complexity index is 524. The molecule has 1 amide bonds. The highest BCUT2D eigenvalue weighted by molar-refractivity contribution is 5.98. The number of nitrogens with zero attached hydrogens (tertiary/aromatic N) is 2. The highest BCUT2D eigenvalue weighted by Gasteiger charge is 2.25. The van der Waals surface area contributed by atoms with Gasteiger partial charge in [0.1, 0.15) is 6.54 Å². The molecule has 3 rings (SSSR count). The van der Waals surface area contributed by atoms with Crippen LogP contribution in [0.25, 0.3) is 0 Å². The first-order valence-corrected chi connectivity index (χ1v) is 7.17.